The fraction of sp³-hybridized carbons (Fsp3) is 0.842. The van der Waals surface area contributed by atoms with Crippen molar-refractivity contribution in [3.05, 3.63) is 11.6 Å². The molecule has 2 aliphatic carbocycles. The molecule has 5 nitrogen and oxygen atoms in total. The predicted molar refractivity (Wildman–Crippen MR) is 87.4 cm³/mol. The van der Waals surface area contributed by atoms with E-state index in [1.54, 1.807) is 0 Å². The number of nitrogens with zero attached hydrogens (tertiary/aromatic N) is 1. The van der Waals surface area contributed by atoms with Gasteiger partial charge in [-0.3, -0.25) is 9.69 Å². The van der Waals surface area contributed by atoms with Gasteiger partial charge in [0.1, 0.15) is 11.7 Å². The van der Waals surface area contributed by atoms with E-state index in [-0.39, 0.29) is 35.1 Å². The standard InChI is InChI=1S/C19H27NO4/c1-12-3-6-19-15(12)16-13(4-5-18(19,2)24-19)14(17(21)23-16)11-20-7-9-22-10-8-20/h3,13-16H,4-11H2,1-2H3/t13-,14-,15+,16-,18-,19+/m0/s1. The number of esters is 1. The Morgan fingerprint density at radius 1 is 1.33 bits per heavy atom. The van der Waals surface area contributed by atoms with Crippen molar-refractivity contribution >= 4 is 5.97 Å². The summed E-state index contributed by atoms with van der Waals surface area (Å²) < 4.78 is 17.7. The molecule has 24 heavy (non-hydrogen) atoms. The highest BCUT2D eigenvalue weighted by Gasteiger charge is 2.75. The van der Waals surface area contributed by atoms with Crippen molar-refractivity contribution in [1.29, 1.82) is 0 Å². The van der Waals surface area contributed by atoms with E-state index in [4.69, 9.17) is 14.2 Å². The van der Waals surface area contributed by atoms with Gasteiger partial charge in [-0.25, -0.2) is 0 Å². The van der Waals surface area contributed by atoms with E-state index in [0.29, 0.717) is 5.92 Å². The minimum atomic E-state index is -0.0926. The summed E-state index contributed by atoms with van der Waals surface area (Å²) >= 11 is 0. The van der Waals surface area contributed by atoms with Crippen LogP contribution in [0.4, 0.5) is 0 Å². The van der Waals surface area contributed by atoms with Crippen LogP contribution in [-0.2, 0) is 19.0 Å². The van der Waals surface area contributed by atoms with E-state index < -0.39 is 0 Å². The van der Waals surface area contributed by atoms with Gasteiger partial charge in [0.05, 0.1) is 24.7 Å². The molecule has 0 bridgehead atoms. The lowest BCUT2D eigenvalue weighted by atomic mass is 9.77. The molecule has 0 aromatic rings. The molecule has 0 aromatic carbocycles. The third kappa shape index (κ3) is 1.95. The number of morpholine rings is 1. The maximum Gasteiger partial charge on any atom is 0.310 e. The first-order valence-corrected chi connectivity index (χ1v) is 9.41. The van der Waals surface area contributed by atoms with Crippen LogP contribution in [0.3, 0.4) is 0 Å². The number of hydrogen-bond donors (Lipinski definition) is 0. The molecule has 0 unspecified atom stereocenters. The van der Waals surface area contributed by atoms with Crippen LogP contribution < -0.4 is 0 Å². The first-order valence-electron chi connectivity index (χ1n) is 9.41. The van der Waals surface area contributed by atoms with E-state index in [2.05, 4.69) is 24.8 Å². The number of epoxide rings is 1. The zero-order valence-corrected chi connectivity index (χ0v) is 14.6. The highest BCUT2D eigenvalue weighted by molar-refractivity contribution is 5.76. The van der Waals surface area contributed by atoms with Crippen LogP contribution in [0.15, 0.2) is 11.6 Å². The molecular weight excluding hydrogens is 306 g/mol. The van der Waals surface area contributed by atoms with Gasteiger partial charge in [-0.15, -0.1) is 0 Å². The molecule has 5 aliphatic rings. The second kappa shape index (κ2) is 5.05. The van der Waals surface area contributed by atoms with Crippen LogP contribution >= 0.6 is 0 Å². The van der Waals surface area contributed by atoms with Crippen molar-refractivity contribution in [3.63, 3.8) is 0 Å². The first-order chi connectivity index (χ1) is 11.5. The molecule has 4 fully saturated rings. The molecule has 3 aliphatic heterocycles. The van der Waals surface area contributed by atoms with Crippen LogP contribution in [0.5, 0.6) is 0 Å². The summed E-state index contributed by atoms with van der Waals surface area (Å²) in [4.78, 5) is 15.0. The molecule has 3 heterocycles. The summed E-state index contributed by atoms with van der Waals surface area (Å²) in [5, 5.41) is 0. The first kappa shape index (κ1) is 15.4. The van der Waals surface area contributed by atoms with Crippen LogP contribution in [0, 0.1) is 17.8 Å². The van der Waals surface area contributed by atoms with Crippen LogP contribution in [0.2, 0.25) is 0 Å². The zero-order valence-electron chi connectivity index (χ0n) is 14.6. The Morgan fingerprint density at radius 3 is 2.92 bits per heavy atom. The highest BCUT2D eigenvalue weighted by atomic mass is 16.6. The Morgan fingerprint density at radius 2 is 2.12 bits per heavy atom. The molecular formula is C19H27NO4. The lowest BCUT2D eigenvalue weighted by molar-refractivity contribution is -0.146. The molecule has 1 saturated carbocycles. The van der Waals surface area contributed by atoms with E-state index in [0.717, 1.165) is 52.1 Å². The number of fused-ring (bicyclic) bond motifs is 2. The summed E-state index contributed by atoms with van der Waals surface area (Å²) in [5.74, 6) is 0.612. The highest BCUT2D eigenvalue weighted by Crippen LogP contribution is 2.67. The third-order valence-corrected chi connectivity index (χ3v) is 7.32. The Bertz CT molecular complexity index is 598. The van der Waals surface area contributed by atoms with Gasteiger partial charge in [0.15, 0.2) is 0 Å². The van der Waals surface area contributed by atoms with E-state index >= 15 is 0 Å². The maximum absolute atomic E-state index is 12.7. The number of rotatable bonds is 2. The molecule has 1 spiro atoms. The van der Waals surface area contributed by atoms with Crippen LogP contribution in [0.25, 0.3) is 0 Å². The zero-order chi connectivity index (χ0) is 16.5. The smallest absolute Gasteiger partial charge is 0.310 e. The number of carbonyl (C=O) groups is 1. The van der Waals surface area contributed by atoms with Crippen molar-refractivity contribution < 1.29 is 19.0 Å². The van der Waals surface area contributed by atoms with Gasteiger partial charge >= 0.3 is 5.97 Å². The van der Waals surface area contributed by atoms with Gasteiger partial charge in [-0.2, -0.15) is 0 Å². The Hall–Kier alpha value is -0.910. The van der Waals surface area contributed by atoms with Gasteiger partial charge in [0, 0.05) is 31.5 Å². The van der Waals surface area contributed by atoms with Gasteiger partial charge in [-0.05, 0) is 33.1 Å². The fourth-order valence-corrected chi connectivity index (χ4v) is 5.86. The number of hydrogen-bond acceptors (Lipinski definition) is 5. The van der Waals surface area contributed by atoms with Gasteiger partial charge < -0.3 is 14.2 Å². The van der Waals surface area contributed by atoms with Crippen molar-refractivity contribution in [2.45, 2.75) is 50.4 Å². The van der Waals surface area contributed by atoms with E-state index in [9.17, 15) is 4.79 Å². The molecule has 0 amide bonds. The van der Waals surface area contributed by atoms with Crippen molar-refractivity contribution in [3.8, 4) is 0 Å². The normalized spacial score (nSPS) is 50.4. The van der Waals surface area contributed by atoms with Crippen molar-refractivity contribution in [1.82, 2.24) is 4.90 Å². The quantitative estimate of drug-likeness (QED) is 0.438. The SMILES string of the molecule is CC1=CC[C@]23O[C@@]2(C)CC[C@@H]2[C@H](OC(=O)[C@H]2CN2CCOCC2)[C@@H]13. The summed E-state index contributed by atoms with van der Waals surface area (Å²) in [6.07, 6.45) is 5.37. The van der Waals surface area contributed by atoms with E-state index in [1.807, 2.05) is 0 Å². The average molecular weight is 333 g/mol. The molecule has 3 saturated heterocycles. The van der Waals surface area contributed by atoms with Crippen LogP contribution in [0.1, 0.15) is 33.1 Å². The Balaban J connectivity index is 1.41. The van der Waals surface area contributed by atoms with Crippen molar-refractivity contribution in [2.24, 2.45) is 17.8 Å². The van der Waals surface area contributed by atoms with E-state index in [1.165, 1.54) is 5.57 Å². The largest absolute Gasteiger partial charge is 0.461 e. The molecule has 0 radical (unpaired) electrons. The molecule has 0 aromatic heterocycles. The molecule has 6 atom stereocenters. The minimum absolute atomic E-state index is 0.00613. The lowest BCUT2D eigenvalue weighted by Crippen LogP contribution is -2.42. The van der Waals surface area contributed by atoms with Crippen LogP contribution in [-0.4, -0.2) is 61.0 Å². The predicted octanol–water partition coefficient (Wildman–Crippen LogP) is 1.76. The molecule has 5 rings (SSSR count). The fourth-order valence-electron chi connectivity index (χ4n) is 5.86. The second-order valence-electron chi connectivity index (χ2n) is 8.48. The minimum Gasteiger partial charge on any atom is -0.461 e. The molecule has 132 valence electrons. The van der Waals surface area contributed by atoms with Gasteiger partial charge in [0.25, 0.3) is 0 Å². The summed E-state index contributed by atoms with van der Waals surface area (Å²) in [7, 11) is 0. The van der Waals surface area contributed by atoms with Crippen molar-refractivity contribution in [2.75, 3.05) is 32.8 Å². The number of ether oxygens (including phenoxy) is 3. The van der Waals surface area contributed by atoms with Gasteiger partial charge in [0.2, 0.25) is 0 Å². The third-order valence-electron chi connectivity index (χ3n) is 7.32. The number of carbonyl (C=O) groups excluding carboxylic acids is 1. The topological polar surface area (TPSA) is 51.3 Å². The Labute approximate surface area is 143 Å². The summed E-state index contributed by atoms with van der Waals surface area (Å²) in [6, 6.07) is 0. The van der Waals surface area contributed by atoms with Gasteiger partial charge in [-0.1, -0.05) is 11.6 Å². The summed E-state index contributed by atoms with van der Waals surface area (Å²) in [5.41, 5.74) is 1.24. The summed E-state index contributed by atoms with van der Waals surface area (Å²) in [6.45, 7) is 8.66. The molecule has 5 heteroatoms. The average Bonchev–Trinajstić information content (AvgIpc) is 2.88. The lowest BCUT2D eigenvalue weighted by Gasteiger charge is -2.31. The molecule has 0 N–H and O–H groups in total. The monoisotopic (exact) mass is 333 g/mol. The Kier molecular flexibility index (Phi) is 3.23. The second-order valence-corrected chi connectivity index (χ2v) is 8.48. The maximum atomic E-state index is 12.7.